The molecule has 1 aromatic rings. The lowest BCUT2D eigenvalue weighted by Gasteiger charge is -2.08. The van der Waals surface area contributed by atoms with Crippen LogP contribution in [0.25, 0.3) is 6.08 Å². The summed E-state index contributed by atoms with van der Waals surface area (Å²) in [5, 5.41) is 0. The molecule has 0 aliphatic rings. The lowest BCUT2D eigenvalue weighted by atomic mass is 10.1. The molecule has 0 atom stereocenters. The van der Waals surface area contributed by atoms with Crippen LogP contribution in [-0.2, 0) is 9.53 Å². The second kappa shape index (κ2) is 6.59. The molecule has 0 aliphatic heterocycles. The van der Waals surface area contributed by atoms with Gasteiger partial charge in [-0.3, -0.25) is 4.79 Å². The van der Waals surface area contributed by atoms with E-state index >= 15 is 0 Å². The lowest BCUT2D eigenvalue weighted by Crippen LogP contribution is -2.05. The summed E-state index contributed by atoms with van der Waals surface area (Å²) in [5.74, 6) is 0.139. The molecule has 0 saturated heterocycles. The van der Waals surface area contributed by atoms with Gasteiger partial charge in [-0.25, -0.2) is 4.79 Å². The van der Waals surface area contributed by atoms with Gasteiger partial charge in [0.25, 0.3) is 0 Å². The molecule has 96 valence electrons. The number of carbonyl (C=O) groups excluding carboxylic acids is 2. The van der Waals surface area contributed by atoms with Gasteiger partial charge in [-0.05, 0) is 37.6 Å². The van der Waals surface area contributed by atoms with Crippen LogP contribution in [0.4, 0.5) is 0 Å². The third kappa shape index (κ3) is 3.45. The Kier molecular flexibility index (Phi) is 5.11. The van der Waals surface area contributed by atoms with Crippen molar-refractivity contribution in [1.82, 2.24) is 0 Å². The Morgan fingerprint density at radius 1 is 1.39 bits per heavy atom. The normalized spacial score (nSPS) is 10.9. The van der Waals surface area contributed by atoms with Crippen LogP contribution in [0, 0.1) is 0 Å². The summed E-state index contributed by atoms with van der Waals surface area (Å²) >= 11 is 0. The Hall–Kier alpha value is -2.10. The standard InChI is InChI=1S/C14H16O4/c1-4-18-14(16)12-6-5-11(7-10(2)9-15)13(8-12)17-3/h5-9H,4H2,1-3H3. The molecule has 1 rings (SSSR count). The summed E-state index contributed by atoms with van der Waals surface area (Å²) in [4.78, 5) is 22.1. The van der Waals surface area contributed by atoms with Crippen LogP contribution in [0.5, 0.6) is 5.75 Å². The molecule has 0 N–H and O–H groups in total. The molecule has 0 radical (unpaired) electrons. The second-order valence-electron chi connectivity index (χ2n) is 3.68. The van der Waals surface area contributed by atoms with Crippen molar-refractivity contribution in [1.29, 1.82) is 0 Å². The van der Waals surface area contributed by atoms with E-state index in [0.717, 1.165) is 11.8 Å². The van der Waals surface area contributed by atoms with Gasteiger partial charge in [0.15, 0.2) is 0 Å². The molecular weight excluding hydrogens is 232 g/mol. The van der Waals surface area contributed by atoms with E-state index in [0.29, 0.717) is 23.5 Å². The predicted molar refractivity (Wildman–Crippen MR) is 68.7 cm³/mol. The summed E-state index contributed by atoms with van der Waals surface area (Å²) in [6, 6.07) is 4.96. The molecule has 0 spiro atoms. The van der Waals surface area contributed by atoms with Gasteiger partial charge in [0.2, 0.25) is 0 Å². The molecular formula is C14H16O4. The van der Waals surface area contributed by atoms with Crippen LogP contribution in [0.3, 0.4) is 0 Å². The van der Waals surface area contributed by atoms with Gasteiger partial charge in [0.1, 0.15) is 12.0 Å². The minimum Gasteiger partial charge on any atom is -0.496 e. The molecule has 0 fully saturated rings. The van der Waals surface area contributed by atoms with E-state index in [1.54, 1.807) is 38.1 Å². The van der Waals surface area contributed by atoms with Crippen LogP contribution in [0.1, 0.15) is 29.8 Å². The van der Waals surface area contributed by atoms with Crippen molar-refractivity contribution >= 4 is 18.3 Å². The van der Waals surface area contributed by atoms with E-state index in [1.807, 2.05) is 0 Å². The fraction of sp³-hybridized carbons (Fsp3) is 0.286. The highest BCUT2D eigenvalue weighted by atomic mass is 16.5. The first-order valence-corrected chi connectivity index (χ1v) is 5.61. The molecule has 4 heteroatoms. The Labute approximate surface area is 106 Å². The van der Waals surface area contributed by atoms with E-state index < -0.39 is 5.97 Å². The summed E-state index contributed by atoms with van der Waals surface area (Å²) < 4.78 is 10.1. The van der Waals surface area contributed by atoms with Gasteiger partial charge < -0.3 is 9.47 Å². The quantitative estimate of drug-likeness (QED) is 0.456. The smallest absolute Gasteiger partial charge is 0.338 e. The third-order valence-corrected chi connectivity index (χ3v) is 2.31. The Morgan fingerprint density at radius 2 is 2.11 bits per heavy atom. The summed E-state index contributed by atoms with van der Waals surface area (Å²) in [6.07, 6.45) is 2.46. The third-order valence-electron chi connectivity index (χ3n) is 2.31. The Morgan fingerprint density at radius 3 is 2.67 bits per heavy atom. The number of esters is 1. The number of aldehydes is 1. The highest BCUT2D eigenvalue weighted by Crippen LogP contribution is 2.23. The molecule has 0 amide bonds. The average molecular weight is 248 g/mol. The molecule has 0 unspecified atom stereocenters. The second-order valence-corrected chi connectivity index (χ2v) is 3.68. The van der Waals surface area contributed by atoms with Gasteiger partial charge >= 0.3 is 5.97 Å². The Balaban J connectivity index is 3.11. The SMILES string of the molecule is CCOC(=O)c1ccc(C=C(C)C=O)c(OC)c1. The summed E-state index contributed by atoms with van der Waals surface area (Å²) in [6.45, 7) is 3.78. The van der Waals surface area contributed by atoms with Gasteiger partial charge in [0, 0.05) is 5.56 Å². The molecule has 0 aromatic heterocycles. The van der Waals surface area contributed by atoms with E-state index in [2.05, 4.69) is 0 Å². The zero-order valence-corrected chi connectivity index (χ0v) is 10.7. The van der Waals surface area contributed by atoms with E-state index in [-0.39, 0.29) is 0 Å². The van der Waals surface area contributed by atoms with Gasteiger partial charge in [-0.15, -0.1) is 0 Å². The number of rotatable bonds is 5. The lowest BCUT2D eigenvalue weighted by molar-refractivity contribution is -0.104. The molecule has 0 heterocycles. The predicted octanol–water partition coefficient (Wildman–Crippen LogP) is 2.47. The maximum atomic E-state index is 11.6. The molecule has 4 nitrogen and oxygen atoms in total. The monoisotopic (exact) mass is 248 g/mol. The highest BCUT2D eigenvalue weighted by molar-refractivity contribution is 5.91. The molecule has 0 saturated carbocycles. The number of carbonyl (C=O) groups is 2. The molecule has 1 aromatic carbocycles. The number of methoxy groups -OCH3 is 1. The maximum absolute atomic E-state index is 11.6. The Bertz CT molecular complexity index is 475. The van der Waals surface area contributed by atoms with Crippen molar-refractivity contribution in [2.24, 2.45) is 0 Å². The van der Waals surface area contributed by atoms with Crippen LogP contribution in [0.15, 0.2) is 23.8 Å². The van der Waals surface area contributed by atoms with Gasteiger partial charge in [0.05, 0.1) is 19.3 Å². The minimum absolute atomic E-state index is 0.326. The van der Waals surface area contributed by atoms with Crippen molar-refractivity contribution in [3.63, 3.8) is 0 Å². The topological polar surface area (TPSA) is 52.6 Å². The van der Waals surface area contributed by atoms with Crippen molar-refractivity contribution < 1.29 is 19.1 Å². The van der Waals surface area contributed by atoms with Crippen LogP contribution in [0.2, 0.25) is 0 Å². The van der Waals surface area contributed by atoms with Gasteiger partial charge in [-0.2, -0.15) is 0 Å². The first-order valence-electron chi connectivity index (χ1n) is 5.61. The molecule has 0 bridgehead atoms. The molecule has 0 aliphatic carbocycles. The number of ether oxygens (including phenoxy) is 2. The first kappa shape index (κ1) is 14.0. The average Bonchev–Trinajstić information content (AvgIpc) is 2.39. The van der Waals surface area contributed by atoms with Crippen LogP contribution in [-0.4, -0.2) is 26.0 Å². The zero-order chi connectivity index (χ0) is 13.5. The van der Waals surface area contributed by atoms with Crippen LogP contribution >= 0.6 is 0 Å². The first-order chi connectivity index (χ1) is 8.62. The minimum atomic E-state index is -0.390. The number of benzene rings is 1. The fourth-order valence-corrected chi connectivity index (χ4v) is 1.45. The number of allylic oxidation sites excluding steroid dienone is 1. The summed E-state index contributed by atoms with van der Waals surface area (Å²) in [5.41, 5.74) is 1.75. The fourth-order valence-electron chi connectivity index (χ4n) is 1.45. The largest absolute Gasteiger partial charge is 0.496 e. The van der Waals surface area contributed by atoms with Crippen LogP contribution < -0.4 is 4.74 Å². The highest BCUT2D eigenvalue weighted by Gasteiger charge is 2.10. The zero-order valence-electron chi connectivity index (χ0n) is 10.7. The van der Waals surface area contributed by atoms with E-state index in [1.165, 1.54) is 7.11 Å². The number of hydrogen-bond acceptors (Lipinski definition) is 4. The maximum Gasteiger partial charge on any atom is 0.338 e. The van der Waals surface area contributed by atoms with E-state index in [9.17, 15) is 9.59 Å². The van der Waals surface area contributed by atoms with Gasteiger partial charge in [-0.1, -0.05) is 6.07 Å². The summed E-state index contributed by atoms with van der Waals surface area (Å²) in [7, 11) is 1.51. The van der Waals surface area contributed by atoms with Crippen molar-refractivity contribution in [3.05, 3.63) is 34.9 Å². The van der Waals surface area contributed by atoms with Crippen molar-refractivity contribution in [3.8, 4) is 5.75 Å². The molecule has 18 heavy (non-hydrogen) atoms. The van der Waals surface area contributed by atoms with Crippen molar-refractivity contribution in [2.75, 3.05) is 13.7 Å². The van der Waals surface area contributed by atoms with E-state index in [4.69, 9.17) is 9.47 Å². The van der Waals surface area contributed by atoms with Crippen molar-refractivity contribution in [2.45, 2.75) is 13.8 Å². The number of hydrogen-bond donors (Lipinski definition) is 0.